The minimum absolute atomic E-state index is 0. The summed E-state index contributed by atoms with van der Waals surface area (Å²) >= 11 is 0. The summed E-state index contributed by atoms with van der Waals surface area (Å²) in [6.45, 7) is 2.59. The first-order valence-electron chi connectivity index (χ1n) is 6.79. The number of hydrogen-bond donors (Lipinski definition) is 1. The van der Waals surface area contributed by atoms with Crippen LogP contribution in [0.2, 0.25) is 0 Å². The third kappa shape index (κ3) is 5.18. The van der Waals surface area contributed by atoms with E-state index in [1.54, 1.807) is 13.1 Å². The van der Waals surface area contributed by atoms with Gasteiger partial charge in [-0.1, -0.05) is 5.16 Å². The molecule has 21 heavy (non-hydrogen) atoms. The molecule has 1 aromatic heterocycles. The van der Waals surface area contributed by atoms with E-state index in [-0.39, 0.29) is 36.4 Å². The fraction of sp³-hybridized carbons (Fsp3) is 0.615. The Morgan fingerprint density at radius 3 is 2.81 bits per heavy atom. The molecule has 2 heterocycles. The van der Waals surface area contributed by atoms with E-state index in [9.17, 15) is 4.79 Å². The third-order valence-electron chi connectivity index (χ3n) is 3.32. The molecule has 1 amide bonds. The fourth-order valence-electron chi connectivity index (χ4n) is 2.25. The summed E-state index contributed by atoms with van der Waals surface area (Å²) in [7, 11) is 3.59. The van der Waals surface area contributed by atoms with Crippen molar-refractivity contribution >= 4 is 35.8 Å². The lowest BCUT2D eigenvalue weighted by molar-refractivity contribution is -0.128. The van der Waals surface area contributed by atoms with Crippen LogP contribution in [-0.2, 0) is 11.3 Å². The maximum absolute atomic E-state index is 12.0. The minimum Gasteiger partial charge on any atom is -0.364 e. The van der Waals surface area contributed by atoms with Gasteiger partial charge in [-0.3, -0.25) is 9.79 Å². The second-order valence-corrected chi connectivity index (χ2v) is 4.84. The SMILES string of the molecule is CN=C(NCC(=O)N1CCCC1)N(C)Cc1ccon1.I. The van der Waals surface area contributed by atoms with Gasteiger partial charge in [-0.05, 0) is 12.8 Å². The van der Waals surface area contributed by atoms with E-state index >= 15 is 0 Å². The number of aliphatic imine (C=N–C) groups is 1. The van der Waals surface area contributed by atoms with E-state index in [1.165, 1.54) is 6.26 Å². The molecule has 0 bridgehead atoms. The summed E-state index contributed by atoms with van der Waals surface area (Å²) in [6, 6.07) is 1.80. The summed E-state index contributed by atoms with van der Waals surface area (Å²) in [4.78, 5) is 19.9. The highest BCUT2D eigenvalue weighted by Crippen LogP contribution is 2.06. The van der Waals surface area contributed by atoms with Crippen LogP contribution in [0, 0.1) is 0 Å². The molecule has 1 aromatic rings. The second kappa shape index (κ2) is 8.85. The smallest absolute Gasteiger partial charge is 0.241 e. The van der Waals surface area contributed by atoms with Gasteiger partial charge in [0.1, 0.15) is 12.0 Å². The van der Waals surface area contributed by atoms with Gasteiger partial charge in [0, 0.05) is 33.3 Å². The Morgan fingerprint density at radius 2 is 2.24 bits per heavy atom. The fourth-order valence-corrected chi connectivity index (χ4v) is 2.25. The average Bonchev–Trinajstić information content (AvgIpc) is 3.12. The predicted octanol–water partition coefficient (Wildman–Crippen LogP) is 0.922. The normalized spacial score (nSPS) is 14.8. The molecule has 0 aromatic carbocycles. The lowest BCUT2D eigenvalue weighted by Gasteiger charge is -2.22. The van der Waals surface area contributed by atoms with Gasteiger partial charge in [-0.15, -0.1) is 24.0 Å². The van der Waals surface area contributed by atoms with Gasteiger partial charge in [0.25, 0.3) is 0 Å². The van der Waals surface area contributed by atoms with Crippen LogP contribution < -0.4 is 5.32 Å². The molecule has 1 aliphatic rings. The molecular weight excluding hydrogens is 385 g/mol. The molecule has 0 spiro atoms. The first-order chi connectivity index (χ1) is 9.70. The minimum atomic E-state index is 0. The molecule has 8 heteroatoms. The number of halogens is 1. The van der Waals surface area contributed by atoms with Crippen molar-refractivity contribution in [3.63, 3.8) is 0 Å². The van der Waals surface area contributed by atoms with Gasteiger partial charge in [-0.2, -0.15) is 0 Å². The molecule has 1 fully saturated rings. The van der Waals surface area contributed by atoms with Crippen molar-refractivity contribution < 1.29 is 9.32 Å². The van der Waals surface area contributed by atoms with Crippen LogP contribution in [-0.4, -0.2) is 60.6 Å². The Hall–Kier alpha value is -1.32. The van der Waals surface area contributed by atoms with Gasteiger partial charge in [-0.25, -0.2) is 0 Å². The van der Waals surface area contributed by atoms with Crippen molar-refractivity contribution in [2.75, 3.05) is 33.7 Å². The molecule has 0 aliphatic carbocycles. The van der Waals surface area contributed by atoms with Crippen LogP contribution in [0.5, 0.6) is 0 Å². The zero-order chi connectivity index (χ0) is 14.4. The standard InChI is InChI=1S/C13H21N5O2.HI/c1-14-13(17(2)10-11-5-8-20-16-11)15-9-12(19)18-6-3-4-7-18;/h5,8H,3-4,6-7,9-10H2,1-2H3,(H,14,15);1H. The van der Waals surface area contributed by atoms with E-state index in [4.69, 9.17) is 4.52 Å². The molecule has 7 nitrogen and oxygen atoms in total. The second-order valence-electron chi connectivity index (χ2n) is 4.84. The molecule has 0 radical (unpaired) electrons. The maximum Gasteiger partial charge on any atom is 0.241 e. The van der Waals surface area contributed by atoms with Crippen LogP contribution in [0.3, 0.4) is 0 Å². The highest BCUT2D eigenvalue weighted by Gasteiger charge is 2.18. The summed E-state index contributed by atoms with van der Waals surface area (Å²) in [5.74, 6) is 0.791. The zero-order valence-electron chi connectivity index (χ0n) is 12.4. The molecule has 1 N–H and O–H groups in total. The number of guanidine groups is 1. The topological polar surface area (TPSA) is 74.0 Å². The van der Waals surface area contributed by atoms with Crippen LogP contribution in [0.25, 0.3) is 0 Å². The maximum atomic E-state index is 12.0. The van der Waals surface area contributed by atoms with Gasteiger partial charge >= 0.3 is 0 Å². The first-order valence-corrected chi connectivity index (χ1v) is 6.79. The molecular formula is C13H22IN5O2. The number of nitrogens with one attached hydrogen (secondary N) is 1. The molecule has 1 aliphatic heterocycles. The summed E-state index contributed by atoms with van der Waals surface area (Å²) < 4.78 is 4.80. The monoisotopic (exact) mass is 407 g/mol. The van der Waals surface area contributed by atoms with Crippen molar-refractivity contribution in [2.24, 2.45) is 4.99 Å². The number of nitrogens with zero attached hydrogens (tertiary/aromatic N) is 4. The van der Waals surface area contributed by atoms with Crippen LogP contribution >= 0.6 is 24.0 Å². The number of aromatic nitrogens is 1. The first kappa shape index (κ1) is 17.7. The molecule has 0 unspecified atom stereocenters. The lowest BCUT2D eigenvalue weighted by Crippen LogP contribution is -2.44. The Kier molecular flexibility index (Phi) is 7.48. The van der Waals surface area contributed by atoms with E-state index in [0.717, 1.165) is 31.6 Å². The summed E-state index contributed by atoms with van der Waals surface area (Å²) in [5, 5.41) is 6.94. The van der Waals surface area contributed by atoms with Gasteiger partial charge in [0.15, 0.2) is 5.96 Å². The molecule has 118 valence electrons. The molecule has 1 saturated heterocycles. The van der Waals surface area contributed by atoms with E-state index < -0.39 is 0 Å². The third-order valence-corrected chi connectivity index (χ3v) is 3.32. The Labute approximate surface area is 141 Å². The molecule has 0 saturated carbocycles. The van der Waals surface area contributed by atoms with Crippen LogP contribution in [0.15, 0.2) is 21.8 Å². The van der Waals surface area contributed by atoms with E-state index in [1.807, 2.05) is 16.8 Å². The number of amides is 1. The number of hydrogen-bond acceptors (Lipinski definition) is 4. The average molecular weight is 407 g/mol. The van der Waals surface area contributed by atoms with E-state index in [0.29, 0.717) is 12.5 Å². The van der Waals surface area contributed by atoms with E-state index in [2.05, 4.69) is 15.5 Å². The largest absolute Gasteiger partial charge is 0.364 e. The Morgan fingerprint density at radius 1 is 1.52 bits per heavy atom. The highest BCUT2D eigenvalue weighted by atomic mass is 127. The highest BCUT2D eigenvalue weighted by molar-refractivity contribution is 14.0. The summed E-state index contributed by atoms with van der Waals surface area (Å²) in [5.41, 5.74) is 0.821. The lowest BCUT2D eigenvalue weighted by atomic mass is 10.4. The van der Waals surface area contributed by atoms with Crippen molar-refractivity contribution in [1.82, 2.24) is 20.3 Å². The van der Waals surface area contributed by atoms with Gasteiger partial charge < -0.3 is 19.6 Å². The zero-order valence-corrected chi connectivity index (χ0v) is 14.7. The number of likely N-dealkylation sites (tertiary alicyclic amines) is 1. The van der Waals surface area contributed by atoms with Crippen molar-refractivity contribution in [3.8, 4) is 0 Å². The van der Waals surface area contributed by atoms with Gasteiger partial charge in [0.2, 0.25) is 5.91 Å². The number of carbonyl (C=O) groups is 1. The predicted molar refractivity (Wildman–Crippen MR) is 90.6 cm³/mol. The van der Waals surface area contributed by atoms with Crippen molar-refractivity contribution in [1.29, 1.82) is 0 Å². The number of rotatable bonds is 4. The van der Waals surface area contributed by atoms with Crippen molar-refractivity contribution in [3.05, 3.63) is 18.0 Å². The summed E-state index contributed by atoms with van der Waals surface area (Å²) in [6.07, 6.45) is 3.75. The van der Waals surface area contributed by atoms with Crippen LogP contribution in [0.1, 0.15) is 18.5 Å². The quantitative estimate of drug-likeness (QED) is 0.457. The molecule has 2 rings (SSSR count). The Balaban J connectivity index is 0.00000220. The van der Waals surface area contributed by atoms with Crippen molar-refractivity contribution in [2.45, 2.75) is 19.4 Å². The van der Waals surface area contributed by atoms with Crippen LogP contribution in [0.4, 0.5) is 0 Å². The number of carbonyl (C=O) groups excluding carboxylic acids is 1. The molecule has 0 atom stereocenters. The van der Waals surface area contributed by atoms with Gasteiger partial charge in [0.05, 0.1) is 13.1 Å². The Bertz CT molecular complexity index is 457.